The van der Waals surface area contributed by atoms with E-state index in [1.165, 1.54) is 5.56 Å². The van der Waals surface area contributed by atoms with Gasteiger partial charge in [0, 0.05) is 40.5 Å². The normalized spacial score (nSPS) is 17.7. The number of aliphatic hydroxyl groups excluding tert-OH is 1. The van der Waals surface area contributed by atoms with Crippen molar-refractivity contribution in [2.75, 3.05) is 19.8 Å². The van der Waals surface area contributed by atoms with E-state index >= 15 is 0 Å². The molecule has 0 saturated heterocycles. The van der Waals surface area contributed by atoms with Gasteiger partial charge in [0.1, 0.15) is 5.75 Å². The van der Waals surface area contributed by atoms with E-state index in [2.05, 4.69) is 54.8 Å². The van der Waals surface area contributed by atoms with Crippen molar-refractivity contribution in [2.24, 2.45) is 4.99 Å². The maximum Gasteiger partial charge on any atom is 0.266 e. The Bertz CT molecular complexity index is 1510. The van der Waals surface area contributed by atoms with Crippen molar-refractivity contribution in [1.82, 2.24) is 10.9 Å². The van der Waals surface area contributed by atoms with Crippen molar-refractivity contribution in [3.05, 3.63) is 134 Å². The molecule has 3 N–H and O–H groups in total. The van der Waals surface area contributed by atoms with Crippen LogP contribution >= 0.6 is 31.9 Å². The number of aliphatic imine (C=N–C) groups is 1. The van der Waals surface area contributed by atoms with Gasteiger partial charge in [0.05, 0.1) is 6.61 Å². The van der Waals surface area contributed by atoms with Crippen LogP contribution in [0.25, 0.3) is 0 Å². The van der Waals surface area contributed by atoms with Crippen LogP contribution in [0.5, 0.6) is 5.75 Å². The first-order valence-electron chi connectivity index (χ1n) is 14.1. The molecule has 0 radical (unpaired) electrons. The number of nitrogens with zero attached hydrogens (tertiary/aromatic N) is 1. The van der Waals surface area contributed by atoms with Crippen molar-refractivity contribution >= 4 is 43.7 Å². The van der Waals surface area contributed by atoms with Crippen LogP contribution in [-0.2, 0) is 22.4 Å². The fourth-order valence-corrected chi connectivity index (χ4v) is 5.46. The van der Waals surface area contributed by atoms with Gasteiger partial charge in [0.15, 0.2) is 11.6 Å². The second-order valence-electron chi connectivity index (χ2n) is 10.3. The third kappa shape index (κ3) is 7.92. The first-order valence-corrected chi connectivity index (χ1v) is 15.7. The Balaban J connectivity index is 1.47. The Morgan fingerprint density at radius 2 is 1.56 bits per heavy atom. The average Bonchev–Trinajstić information content (AvgIpc) is 3.42. The molecule has 0 unspecified atom stereocenters. The lowest BCUT2D eigenvalue weighted by Gasteiger charge is -2.31. The van der Waals surface area contributed by atoms with Gasteiger partial charge < -0.3 is 14.6 Å². The molecule has 1 heterocycles. The Kier molecular flexibility index (Phi) is 10.6. The summed E-state index contributed by atoms with van der Waals surface area (Å²) >= 11 is 7.04. The molecule has 1 aliphatic heterocycles. The van der Waals surface area contributed by atoms with Crippen molar-refractivity contribution in [2.45, 2.75) is 30.9 Å². The summed E-state index contributed by atoms with van der Waals surface area (Å²) in [5, 5.41) is 9.05. The zero-order chi connectivity index (χ0) is 30.1. The van der Waals surface area contributed by atoms with E-state index < -0.39 is 11.6 Å². The third-order valence-electron chi connectivity index (χ3n) is 7.17. The second-order valence-corrected chi connectivity index (χ2v) is 12.1. The topological polar surface area (TPSA) is 92.2 Å². The van der Waals surface area contributed by atoms with E-state index in [1.54, 1.807) is 0 Å². The molecule has 4 aromatic carbocycles. The summed E-state index contributed by atoms with van der Waals surface area (Å²) in [4.78, 5) is 19.3. The minimum atomic E-state index is -1.30. The molecule has 1 aliphatic rings. The summed E-state index contributed by atoms with van der Waals surface area (Å²) in [6.45, 7) is 1.05. The molecule has 9 heteroatoms. The van der Waals surface area contributed by atoms with Gasteiger partial charge in [0.25, 0.3) is 5.91 Å². The largest absolute Gasteiger partial charge is 0.494 e. The van der Waals surface area contributed by atoms with Crippen LogP contribution < -0.4 is 15.6 Å². The average molecular weight is 707 g/mol. The summed E-state index contributed by atoms with van der Waals surface area (Å²) < 4.78 is 14.2. The molecule has 0 aliphatic carbocycles. The highest BCUT2D eigenvalue weighted by Crippen LogP contribution is 2.43. The maximum atomic E-state index is 14.3. The summed E-state index contributed by atoms with van der Waals surface area (Å²) in [6.07, 6.45) is 0.948. The SMILES string of the molecule is O=C(NNCCc1ccccc1)[C@@]1(Cc2ccc(Br)cc2)N=C(c2ccc(OCCCO)cc2)O[C@H]1c1ccc(Br)cc1. The molecule has 43 heavy (non-hydrogen) atoms. The van der Waals surface area contributed by atoms with Crippen LogP contribution in [0.4, 0.5) is 0 Å². The minimum absolute atomic E-state index is 0.0732. The number of nitrogens with one attached hydrogen (secondary N) is 2. The lowest BCUT2D eigenvalue weighted by atomic mass is 9.82. The Hall–Kier alpha value is -3.50. The van der Waals surface area contributed by atoms with Crippen LogP contribution in [0.15, 0.2) is 117 Å². The molecule has 222 valence electrons. The van der Waals surface area contributed by atoms with Gasteiger partial charge in [-0.15, -0.1) is 0 Å². The number of ether oxygens (including phenoxy) is 2. The van der Waals surface area contributed by atoms with Crippen molar-refractivity contribution in [3.63, 3.8) is 0 Å². The zero-order valence-electron chi connectivity index (χ0n) is 23.5. The highest BCUT2D eigenvalue weighted by molar-refractivity contribution is 9.10. The van der Waals surface area contributed by atoms with Crippen LogP contribution in [0.2, 0.25) is 0 Å². The van der Waals surface area contributed by atoms with Gasteiger partial charge in [-0.25, -0.2) is 10.4 Å². The number of aliphatic hydroxyl groups is 1. The summed E-state index contributed by atoms with van der Waals surface area (Å²) in [5.41, 5.74) is 8.48. The quantitative estimate of drug-likeness (QED) is 0.112. The molecule has 7 nitrogen and oxygen atoms in total. The van der Waals surface area contributed by atoms with Crippen LogP contribution in [-0.4, -0.2) is 42.2 Å². The molecular formula is C34H33Br2N3O4. The van der Waals surface area contributed by atoms with E-state index in [4.69, 9.17) is 19.6 Å². The molecule has 4 aromatic rings. The predicted molar refractivity (Wildman–Crippen MR) is 175 cm³/mol. The smallest absolute Gasteiger partial charge is 0.266 e. The fourth-order valence-electron chi connectivity index (χ4n) is 4.94. The number of hydrazine groups is 1. The van der Waals surface area contributed by atoms with Crippen molar-refractivity contribution in [3.8, 4) is 5.75 Å². The monoisotopic (exact) mass is 705 g/mol. The number of carbonyl (C=O) groups excluding carboxylic acids is 1. The Labute approximate surface area is 268 Å². The van der Waals surface area contributed by atoms with E-state index in [-0.39, 0.29) is 12.5 Å². The van der Waals surface area contributed by atoms with E-state index in [9.17, 15) is 4.79 Å². The first-order chi connectivity index (χ1) is 21.0. The van der Waals surface area contributed by atoms with Gasteiger partial charge in [-0.2, -0.15) is 0 Å². The molecule has 2 atom stereocenters. The van der Waals surface area contributed by atoms with E-state index in [0.29, 0.717) is 37.6 Å². The lowest BCUT2D eigenvalue weighted by Crippen LogP contribution is -2.54. The molecule has 0 spiro atoms. The van der Waals surface area contributed by atoms with E-state index in [0.717, 1.165) is 32.1 Å². The number of rotatable bonds is 13. The molecule has 0 fully saturated rings. The molecule has 0 saturated carbocycles. The van der Waals surface area contributed by atoms with Gasteiger partial charge in [-0.05, 0) is 71.6 Å². The van der Waals surface area contributed by atoms with Crippen LogP contribution in [0, 0.1) is 0 Å². The number of hydrogen-bond acceptors (Lipinski definition) is 6. The predicted octanol–water partition coefficient (Wildman–Crippen LogP) is 6.34. The van der Waals surface area contributed by atoms with Crippen molar-refractivity contribution in [1.29, 1.82) is 0 Å². The second kappa shape index (κ2) is 14.8. The Morgan fingerprint density at radius 1 is 0.884 bits per heavy atom. The third-order valence-corrected chi connectivity index (χ3v) is 8.23. The highest BCUT2D eigenvalue weighted by atomic mass is 79.9. The van der Waals surface area contributed by atoms with Gasteiger partial charge in [0.2, 0.25) is 5.90 Å². The summed E-state index contributed by atoms with van der Waals surface area (Å²) in [5.74, 6) is 0.781. The molecule has 0 bridgehead atoms. The Morgan fingerprint density at radius 3 is 2.23 bits per heavy atom. The van der Waals surface area contributed by atoms with Crippen LogP contribution in [0.1, 0.15) is 34.8 Å². The van der Waals surface area contributed by atoms with Gasteiger partial charge >= 0.3 is 0 Å². The van der Waals surface area contributed by atoms with E-state index in [1.807, 2.05) is 91.0 Å². The summed E-state index contributed by atoms with van der Waals surface area (Å²) in [7, 11) is 0. The highest BCUT2D eigenvalue weighted by Gasteiger charge is 2.53. The number of benzene rings is 4. The summed E-state index contributed by atoms with van der Waals surface area (Å²) in [6, 6.07) is 33.2. The van der Waals surface area contributed by atoms with Crippen molar-refractivity contribution < 1.29 is 19.4 Å². The molecule has 0 aromatic heterocycles. The van der Waals surface area contributed by atoms with Gasteiger partial charge in [-0.1, -0.05) is 86.5 Å². The maximum absolute atomic E-state index is 14.3. The van der Waals surface area contributed by atoms with Crippen LogP contribution in [0.3, 0.4) is 0 Å². The number of amides is 1. The molecule has 1 amide bonds. The number of hydrogen-bond donors (Lipinski definition) is 3. The zero-order valence-corrected chi connectivity index (χ0v) is 26.7. The number of halogens is 2. The number of carbonyl (C=O) groups is 1. The fraction of sp³-hybridized carbons (Fsp3) is 0.235. The minimum Gasteiger partial charge on any atom is -0.494 e. The first kappa shape index (κ1) is 30.9. The molecular weight excluding hydrogens is 674 g/mol. The van der Waals surface area contributed by atoms with Gasteiger partial charge in [-0.3, -0.25) is 10.2 Å². The standard InChI is InChI=1S/C34H33Br2N3O4/c35-28-13-7-25(8-14-28)23-34(33(41)39-37-20-19-24-5-2-1-3-6-24)31(26-9-15-29(36)16-10-26)43-32(38-34)27-11-17-30(18-12-27)42-22-4-21-40/h1-3,5-18,31,37,40H,4,19-23H2,(H,39,41)/t31-,34-/m0/s1. The lowest BCUT2D eigenvalue weighted by molar-refractivity contribution is -0.130. The molecule has 5 rings (SSSR count).